The summed E-state index contributed by atoms with van der Waals surface area (Å²) in [6, 6.07) is 11.4. The molecule has 178 valence electrons. The maximum Gasteiger partial charge on any atom is 0.393 e. The highest BCUT2D eigenvalue weighted by Gasteiger charge is 2.83. The number of ether oxygens (including phenoxy) is 3. The molecule has 34 heavy (non-hydrogen) atoms. The van der Waals surface area contributed by atoms with Gasteiger partial charge >= 0.3 is 23.4 Å². The number of nitrogens with one attached hydrogen (secondary N) is 1. The lowest BCUT2D eigenvalue weighted by atomic mass is 9.67. The summed E-state index contributed by atoms with van der Waals surface area (Å²) in [5.41, 5.74) is -3.55. The lowest BCUT2D eigenvalue weighted by molar-refractivity contribution is -0.561. The highest BCUT2D eigenvalue weighted by Crippen LogP contribution is 2.58. The van der Waals surface area contributed by atoms with E-state index in [-0.39, 0.29) is 24.5 Å². The Morgan fingerprint density at radius 1 is 1.06 bits per heavy atom. The summed E-state index contributed by atoms with van der Waals surface area (Å²) in [6.07, 6.45) is 0. The number of hydrogen-bond donors (Lipinski definition) is 1. The van der Waals surface area contributed by atoms with Gasteiger partial charge in [-0.1, -0.05) is 48.0 Å². The first-order valence-corrected chi connectivity index (χ1v) is 10.9. The largest absolute Gasteiger partial charge is 0.464 e. The standard InChI is InChI=1S/C24H24N2O8/c1-4-32-20(27)23(21(28)33-5-2)18-16-8-6-7-9-17(16)34-22(29)24(18,26(30)31)19(25-23)15-12-10-14(3)11-13-15/h6-13,18-19,25H,4-5H2,1-3H3/t18-,19+,24+/m1/s1. The minimum absolute atomic E-state index is 0.0271. The molecule has 0 spiro atoms. The van der Waals surface area contributed by atoms with Crippen molar-refractivity contribution < 1.29 is 33.5 Å². The molecule has 0 aromatic heterocycles. The van der Waals surface area contributed by atoms with Gasteiger partial charge in [0.2, 0.25) is 5.54 Å². The van der Waals surface area contributed by atoms with Crippen LogP contribution in [0.4, 0.5) is 0 Å². The van der Waals surface area contributed by atoms with E-state index < -0.39 is 45.9 Å². The quantitative estimate of drug-likeness (QED) is 0.223. The average Bonchev–Trinajstić information content (AvgIpc) is 3.15. The van der Waals surface area contributed by atoms with E-state index in [0.29, 0.717) is 5.56 Å². The van der Waals surface area contributed by atoms with E-state index in [9.17, 15) is 24.5 Å². The molecule has 2 heterocycles. The van der Waals surface area contributed by atoms with Gasteiger partial charge in [-0.15, -0.1) is 0 Å². The number of para-hydroxylation sites is 1. The molecule has 10 heteroatoms. The van der Waals surface area contributed by atoms with Crippen molar-refractivity contribution >= 4 is 17.9 Å². The number of benzene rings is 2. The predicted octanol–water partition coefficient (Wildman–Crippen LogP) is 2.22. The summed E-state index contributed by atoms with van der Waals surface area (Å²) in [4.78, 5) is 52.5. The minimum atomic E-state index is -2.55. The molecule has 0 unspecified atom stereocenters. The van der Waals surface area contributed by atoms with Crippen LogP contribution >= 0.6 is 0 Å². The van der Waals surface area contributed by atoms with Gasteiger partial charge in [-0.25, -0.2) is 14.4 Å². The fourth-order valence-corrected chi connectivity index (χ4v) is 4.93. The summed E-state index contributed by atoms with van der Waals surface area (Å²) in [5.74, 6) is -4.89. The summed E-state index contributed by atoms with van der Waals surface area (Å²) in [5, 5.41) is 15.7. The molecule has 0 bridgehead atoms. The van der Waals surface area contributed by atoms with Crippen LogP contribution in [-0.2, 0) is 23.9 Å². The monoisotopic (exact) mass is 468 g/mol. The maximum atomic E-state index is 13.5. The topological polar surface area (TPSA) is 134 Å². The Hall–Kier alpha value is -3.79. The summed E-state index contributed by atoms with van der Waals surface area (Å²) in [7, 11) is 0. The number of carbonyl (C=O) groups is 3. The molecular formula is C24H24N2O8. The number of hydrogen-bond acceptors (Lipinski definition) is 9. The average molecular weight is 468 g/mol. The molecule has 4 rings (SSSR count). The lowest BCUT2D eigenvalue weighted by Crippen LogP contribution is -2.63. The number of aryl methyl sites for hydroxylation is 1. The molecule has 2 aromatic carbocycles. The van der Waals surface area contributed by atoms with Crippen LogP contribution in [0.15, 0.2) is 48.5 Å². The van der Waals surface area contributed by atoms with Crippen molar-refractivity contribution in [3.8, 4) is 5.75 Å². The van der Waals surface area contributed by atoms with Crippen molar-refractivity contribution in [3.05, 3.63) is 75.3 Å². The zero-order chi connectivity index (χ0) is 24.7. The van der Waals surface area contributed by atoms with Crippen LogP contribution in [0.1, 0.15) is 42.5 Å². The number of rotatable bonds is 6. The second-order valence-electron chi connectivity index (χ2n) is 8.18. The highest BCUT2D eigenvalue weighted by molar-refractivity contribution is 6.09. The predicted molar refractivity (Wildman–Crippen MR) is 118 cm³/mol. The van der Waals surface area contributed by atoms with Crippen LogP contribution in [-0.4, -0.2) is 47.1 Å². The van der Waals surface area contributed by atoms with E-state index in [1.807, 2.05) is 6.92 Å². The van der Waals surface area contributed by atoms with Crippen LogP contribution in [0.25, 0.3) is 0 Å². The third kappa shape index (κ3) is 3.09. The Kier molecular flexibility index (Phi) is 5.86. The maximum absolute atomic E-state index is 13.5. The van der Waals surface area contributed by atoms with Crippen molar-refractivity contribution in [1.29, 1.82) is 0 Å². The van der Waals surface area contributed by atoms with Crippen molar-refractivity contribution in [2.45, 2.75) is 43.8 Å². The molecule has 0 saturated carbocycles. The first kappa shape index (κ1) is 23.4. The van der Waals surface area contributed by atoms with Crippen LogP contribution in [0.5, 0.6) is 5.75 Å². The molecule has 2 aliphatic heterocycles. The van der Waals surface area contributed by atoms with Crippen molar-refractivity contribution in [2.75, 3.05) is 13.2 Å². The van der Waals surface area contributed by atoms with Gasteiger partial charge in [-0.3, -0.25) is 15.4 Å². The molecule has 3 atom stereocenters. The Balaban J connectivity index is 2.10. The van der Waals surface area contributed by atoms with Crippen LogP contribution in [0.2, 0.25) is 0 Å². The molecule has 10 nitrogen and oxygen atoms in total. The van der Waals surface area contributed by atoms with E-state index in [4.69, 9.17) is 14.2 Å². The van der Waals surface area contributed by atoms with E-state index in [1.54, 1.807) is 50.2 Å². The summed E-state index contributed by atoms with van der Waals surface area (Å²) < 4.78 is 15.9. The summed E-state index contributed by atoms with van der Waals surface area (Å²) >= 11 is 0. The molecular weight excluding hydrogens is 444 g/mol. The lowest BCUT2D eigenvalue weighted by Gasteiger charge is -2.37. The molecule has 2 aromatic rings. The van der Waals surface area contributed by atoms with Crippen molar-refractivity contribution in [2.24, 2.45) is 0 Å². The molecule has 1 fully saturated rings. The van der Waals surface area contributed by atoms with Gasteiger partial charge in [0.25, 0.3) is 0 Å². The van der Waals surface area contributed by atoms with E-state index in [2.05, 4.69) is 5.32 Å². The number of nitro groups is 1. The van der Waals surface area contributed by atoms with Gasteiger partial charge in [-0.2, -0.15) is 0 Å². The molecule has 0 radical (unpaired) electrons. The number of fused-ring (bicyclic) bond motifs is 3. The van der Waals surface area contributed by atoms with Gasteiger partial charge in [0.1, 0.15) is 17.7 Å². The van der Waals surface area contributed by atoms with Gasteiger partial charge in [0.05, 0.1) is 13.2 Å². The number of carbonyl (C=O) groups excluding carboxylic acids is 3. The minimum Gasteiger partial charge on any atom is -0.464 e. The van der Waals surface area contributed by atoms with Gasteiger partial charge < -0.3 is 14.2 Å². The smallest absolute Gasteiger partial charge is 0.393 e. The molecule has 2 aliphatic rings. The zero-order valence-electron chi connectivity index (χ0n) is 18.9. The summed E-state index contributed by atoms with van der Waals surface area (Å²) in [6.45, 7) is 4.74. The SMILES string of the molecule is CCOC(=O)C1(C(=O)OCC)N[C@@H](c2ccc(C)cc2)[C@]2([N+](=O)[O-])C(=O)Oc3ccccc3[C@H]12. The molecule has 0 aliphatic carbocycles. The second kappa shape index (κ2) is 8.53. The van der Waals surface area contributed by atoms with Crippen LogP contribution in [0.3, 0.4) is 0 Å². The normalized spacial score (nSPS) is 24.4. The van der Waals surface area contributed by atoms with Gasteiger partial charge in [-0.05, 0) is 32.4 Å². The van der Waals surface area contributed by atoms with Gasteiger partial charge in [0, 0.05) is 10.5 Å². The molecule has 1 N–H and O–H groups in total. The van der Waals surface area contributed by atoms with Gasteiger partial charge in [0.15, 0.2) is 0 Å². The zero-order valence-corrected chi connectivity index (χ0v) is 18.9. The third-order valence-corrected chi connectivity index (χ3v) is 6.35. The van der Waals surface area contributed by atoms with Crippen LogP contribution in [0, 0.1) is 17.0 Å². The van der Waals surface area contributed by atoms with E-state index in [0.717, 1.165) is 5.56 Å². The fraction of sp³-hybridized carbons (Fsp3) is 0.375. The van der Waals surface area contributed by atoms with E-state index in [1.165, 1.54) is 12.1 Å². The molecule has 0 amide bonds. The van der Waals surface area contributed by atoms with Crippen molar-refractivity contribution in [1.82, 2.24) is 5.32 Å². The first-order valence-electron chi connectivity index (χ1n) is 10.9. The Bertz CT molecular complexity index is 1140. The number of nitrogens with zero attached hydrogens (tertiary/aromatic N) is 1. The number of esters is 3. The Labute approximate surface area is 195 Å². The van der Waals surface area contributed by atoms with E-state index >= 15 is 0 Å². The fourth-order valence-electron chi connectivity index (χ4n) is 4.93. The highest BCUT2D eigenvalue weighted by atomic mass is 16.6. The Morgan fingerprint density at radius 3 is 2.21 bits per heavy atom. The van der Waals surface area contributed by atoms with Crippen LogP contribution < -0.4 is 10.1 Å². The molecule has 1 saturated heterocycles. The first-order chi connectivity index (χ1) is 16.2. The van der Waals surface area contributed by atoms with Crippen molar-refractivity contribution in [3.63, 3.8) is 0 Å². The second-order valence-corrected chi connectivity index (χ2v) is 8.18. The third-order valence-electron chi connectivity index (χ3n) is 6.35. The Morgan fingerprint density at radius 2 is 1.65 bits per heavy atom.